The second-order valence-corrected chi connectivity index (χ2v) is 6.82. The molecule has 3 aromatic carbocycles. The third kappa shape index (κ3) is 2.20. The van der Waals surface area contributed by atoms with Crippen molar-refractivity contribution in [1.82, 2.24) is 0 Å². The Kier molecular flexibility index (Phi) is 3.21. The molecule has 120 valence electrons. The second kappa shape index (κ2) is 5.56. The van der Waals surface area contributed by atoms with Crippen LogP contribution in [-0.4, -0.2) is 5.78 Å². The minimum atomic E-state index is 0.262. The number of allylic oxidation sites excluding steroid dienone is 4. The molecule has 0 saturated carbocycles. The third-order valence-corrected chi connectivity index (χ3v) is 5.35. The van der Waals surface area contributed by atoms with E-state index >= 15 is 0 Å². The number of benzene rings is 3. The van der Waals surface area contributed by atoms with Crippen molar-refractivity contribution >= 4 is 22.1 Å². The maximum absolute atomic E-state index is 13.1. The molecule has 0 saturated heterocycles. The quantitative estimate of drug-likeness (QED) is 0.521. The molecule has 0 aliphatic heterocycles. The molecule has 2 aliphatic rings. The van der Waals surface area contributed by atoms with Gasteiger partial charge in [0.15, 0.2) is 5.78 Å². The summed E-state index contributed by atoms with van der Waals surface area (Å²) in [6.45, 7) is 0. The highest BCUT2D eigenvalue weighted by molar-refractivity contribution is 6.19. The number of hydrogen-bond acceptors (Lipinski definition) is 1. The first-order valence-electron chi connectivity index (χ1n) is 8.86. The van der Waals surface area contributed by atoms with Crippen LogP contribution in [0.2, 0.25) is 0 Å². The van der Waals surface area contributed by atoms with Crippen LogP contribution in [0.3, 0.4) is 0 Å². The standard InChI is InChI=1S/C24H18O/c25-22-15-18-9-4-5-11-19(18)21-14-13-17-10-6-12-20(23(17)24(21)22)16-7-2-1-3-8-16/h1-3,5-8,10-14H,4,9,15H2. The molecule has 0 radical (unpaired) electrons. The highest BCUT2D eigenvalue weighted by atomic mass is 16.1. The first kappa shape index (κ1) is 14.4. The number of carbonyl (C=O) groups is 1. The molecular formula is C24H18O. The van der Waals surface area contributed by atoms with Crippen molar-refractivity contribution < 1.29 is 4.79 Å². The van der Waals surface area contributed by atoms with E-state index in [1.165, 1.54) is 11.1 Å². The van der Waals surface area contributed by atoms with Crippen molar-refractivity contribution in [3.63, 3.8) is 0 Å². The fourth-order valence-electron chi connectivity index (χ4n) is 4.21. The van der Waals surface area contributed by atoms with Gasteiger partial charge in [0.05, 0.1) is 0 Å². The van der Waals surface area contributed by atoms with Crippen molar-refractivity contribution in [3.05, 3.63) is 89.5 Å². The number of ketones is 1. The maximum Gasteiger partial charge on any atom is 0.168 e. The number of Topliss-reactive ketones (excluding diaryl/α,β-unsaturated/α-hetero) is 1. The van der Waals surface area contributed by atoms with Gasteiger partial charge in [0, 0.05) is 17.4 Å². The van der Waals surface area contributed by atoms with Crippen LogP contribution in [0.1, 0.15) is 35.2 Å². The van der Waals surface area contributed by atoms with E-state index in [0.29, 0.717) is 6.42 Å². The van der Waals surface area contributed by atoms with E-state index in [2.05, 4.69) is 66.7 Å². The highest BCUT2D eigenvalue weighted by Gasteiger charge is 2.27. The van der Waals surface area contributed by atoms with Crippen LogP contribution in [0.15, 0.2) is 78.4 Å². The Bertz CT molecular complexity index is 1070. The minimum absolute atomic E-state index is 0.262. The van der Waals surface area contributed by atoms with Gasteiger partial charge < -0.3 is 0 Å². The molecule has 1 nitrogen and oxygen atoms in total. The van der Waals surface area contributed by atoms with Gasteiger partial charge in [-0.3, -0.25) is 4.79 Å². The van der Waals surface area contributed by atoms with Crippen LogP contribution in [0.4, 0.5) is 0 Å². The summed E-state index contributed by atoms with van der Waals surface area (Å²) in [6.07, 6.45) is 7.06. The number of rotatable bonds is 1. The van der Waals surface area contributed by atoms with Crippen molar-refractivity contribution in [2.75, 3.05) is 0 Å². The molecule has 0 spiro atoms. The number of fused-ring (bicyclic) bond motifs is 4. The van der Waals surface area contributed by atoms with Gasteiger partial charge in [0.25, 0.3) is 0 Å². The van der Waals surface area contributed by atoms with E-state index in [1.807, 2.05) is 6.07 Å². The molecule has 3 aromatic rings. The molecule has 0 atom stereocenters. The largest absolute Gasteiger partial charge is 0.294 e. The second-order valence-electron chi connectivity index (χ2n) is 6.82. The lowest BCUT2D eigenvalue weighted by molar-refractivity contribution is 0.0992. The predicted octanol–water partition coefficient (Wildman–Crippen LogP) is 6.20. The van der Waals surface area contributed by atoms with Gasteiger partial charge in [-0.25, -0.2) is 0 Å². The van der Waals surface area contributed by atoms with E-state index in [1.54, 1.807) is 0 Å². The number of hydrogen-bond donors (Lipinski definition) is 0. The Balaban J connectivity index is 1.88. The lowest BCUT2D eigenvalue weighted by Gasteiger charge is -2.25. The van der Waals surface area contributed by atoms with Crippen LogP contribution in [0, 0.1) is 0 Å². The summed E-state index contributed by atoms with van der Waals surface area (Å²) in [5, 5.41) is 2.24. The van der Waals surface area contributed by atoms with Gasteiger partial charge in [-0.05, 0) is 40.5 Å². The topological polar surface area (TPSA) is 17.1 Å². The van der Waals surface area contributed by atoms with Crippen LogP contribution in [-0.2, 0) is 0 Å². The smallest absolute Gasteiger partial charge is 0.168 e. The fourth-order valence-corrected chi connectivity index (χ4v) is 4.21. The van der Waals surface area contributed by atoms with Gasteiger partial charge in [-0.1, -0.05) is 78.4 Å². The van der Waals surface area contributed by atoms with Crippen LogP contribution in [0.25, 0.3) is 27.5 Å². The van der Waals surface area contributed by atoms with E-state index in [9.17, 15) is 4.79 Å². The first-order chi connectivity index (χ1) is 12.3. The summed E-state index contributed by atoms with van der Waals surface area (Å²) < 4.78 is 0. The Labute approximate surface area is 147 Å². The highest BCUT2D eigenvalue weighted by Crippen LogP contribution is 2.42. The molecule has 1 heteroatoms. The molecule has 5 rings (SSSR count). The van der Waals surface area contributed by atoms with Gasteiger partial charge in [0.2, 0.25) is 0 Å². The van der Waals surface area contributed by atoms with E-state index < -0.39 is 0 Å². The third-order valence-electron chi connectivity index (χ3n) is 5.35. The molecule has 2 aliphatic carbocycles. The Hall–Kier alpha value is -2.93. The zero-order valence-electron chi connectivity index (χ0n) is 14.0. The normalized spacial score (nSPS) is 16.1. The molecule has 0 fully saturated rings. The molecule has 25 heavy (non-hydrogen) atoms. The zero-order chi connectivity index (χ0) is 16.8. The van der Waals surface area contributed by atoms with E-state index in [-0.39, 0.29) is 5.78 Å². The van der Waals surface area contributed by atoms with Crippen LogP contribution in [0.5, 0.6) is 0 Å². The summed E-state index contributed by atoms with van der Waals surface area (Å²) in [4.78, 5) is 13.1. The Morgan fingerprint density at radius 2 is 1.68 bits per heavy atom. The lowest BCUT2D eigenvalue weighted by Crippen LogP contribution is -2.14. The molecule has 0 amide bonds. The average Bonchev–Trinajstić information content (AvgIpc) is 2.68. The van der Waals surface area contributed by atoms with Gasteiger partial charge in [0.1, 0.15) is 0 Å². The monoisotopic (exact) mass is 322 g/mol. The fraction of sp³-hybridized carbons (Fsp3) is 0.125. The van der Waals surface area contributed by atoms with Gasteiger partial charge >= 0.3 is 0 Å². The maximum atomic E-state index is 13.1. The van der Waals surface area contributed by atoms with E-state index in [4.69, 9.17) is 0 Å². The van der Waals surface area contributed by atoms with Crippen LogP contribution < -0.4 is 0 Å². The number of carbonyl (C=O) groups excluding carboxylic acids is 1. The molecule has 0 heterocycles. The first-order valence-corrected chi connectivity index (χ1v) is 8.86. The molecule has 0 N–H and O–H groups in total. The minimum Gasteiger partial charge on any atom is -0.294 e. The van der Waals surface area contributed by atoms with Gasteiger partial charge in [-0.15, -0.1) is 0 Å². The SMILES string of the molecule is O=C1CC2=C(C=CCC2)c2ccc3cccc(-c4ccccc4)c3c21. The average molecular weight is 322 g/mol. The van der Waals surface area contributed by atoms with Crippen LogP contribution >= 0.6 is 0 Å². The molecule has 0 bridgehead atoms. The summed E-state index contributed by atoms with van der Waals surface area (Å²) in [7, 11) is 0. The zero-order valence-corrected chi connectivity index (χ0v) is 14.0. The summed E-state index contributed by atoms with van der Waals surface area (Å²) in [5.74, 6) is 0.262. The summed E-state index contributed by atoms with van der Waals surface area (Å²) in [5.41, 5.74) is 6.89. The molecular weight excluding hydrogens is 304 g/mol. The summed E-state index contributed by atoms with van der Waals surface area (Å²) >= 11 is 0. The Morgan fingerprint density at radius 1 is 0.800 bits per heavy atom. The van der Waals surface area contributed by atoms with Crippen molar-refractivity contribution in [1.29, 1.82) is 0 Å². The van der Waals surface area contributed by atoms with Crippen molar-refractivity contribution in [2.24, 2.45) is 0 Å². The molecule has 0 aromatic heterocycles. The Morgan fingerprint density at radius 3 is 2.56 bits per heavy atom. The molecule has 0 unspecified atom stereocenters. The van der Waals surface area contributed by atoms with Gasteiger partial charge in [-0.2, -0.15) is 0 Å². The predicted molar refractivity (Wildman–Crippen MR) is 104 cm³/mol. The summed E-state index contributed by atoms with van der Waals surface area (Å²) in [6, 6.07) is 21.0. The van der Waals surface area contributed by atoms with Crippen molar-refractivity contribution in [3.8, 4) is 11.1 Å². The van der Waals surface area contributed by atoms with E-state index in [0.717, 1.165) is 45.9 Å². The van der Waals surface area contributed by atoms with Crippen molar-refractivity contribution in [2.45, 2.75) is 19.3 Å². The lowest BCUT2D eigenvalue weighted by atomic mass is 9.78.